The summed E-state index contributed by atoms with van der Waals surface area (Å²) in [6.07, 6.45) is -4.13. The van der Waals surface area contributed by atoms with E-state index in [1.54, 1.807) is 0 Å². The standard InChI is InChI=1S/C14H15F3N2O2/c1-9(2-5-13(20)21)8-19-11-4-3-10(7-18)12(6-11)14(15,16)17/h3-4,6,9,19H,2,5,8H2,1H3,(H,20,21). The molecule has 1 aromatic carbocycles. The van der Waals surface area contributed by atoms with E-state index >= 15 is 0 Å². The molecule has 21 heavy (non-hydrogen) atoms. The highest BCUT2D eigenvalue weighted by atomic mass is 19.4. The maximum absolute atomic E-state index is 12.8. The summed E-state index contributed by atoms with van der Waals surface area (Å²) in [6, 6.07) is 4.92. The fourth-order valence-corrected chi connectivity index (χ4v) is 1.75. The summed E-state index contributed by atoms with van der Waals surface area (Å²) in [5.74, 6) is -0.898. The van der Waals surface area contributed by atoms with Crippen LogP contribution in [0, 0.1) is 17.2 Å². The lowest BCUT2D eigenvalue weighted by Gasteiger charge is -2.15. The Morgan fingerprint density at radius 1 is 1.48 bits per heavy atom. The summed E-state index contributed by atoms with van der Waals surface area (Å²) in [5, 5.41) is 20.1. The SMILES string of the molecule is CC(CCC(=O)O)CNc1ccc(C#N)c(C(F)(F)F)c1. The van der Waals surface area contributed by atoms with Crippen LogP contribution in [0.5, 0.6) is 0 Å². The van der Waals surface area contributed by atoms with Gasteiger partial charge in [-0.3, -0.25) is 4.79 Å². The molecule has 0 bridgehead atoms. The van der Waals surface area contributed by atoms with E-state index in [9.17, 15) is 18.0 Å². The molecule has 114 valence electrons. The Bertz CT molecular complexity index is 550. The number of carbonyl (C=O) groups is 1. The molecule has 0 aliphatic carbocycles. The zero-order valence-electron chi connectivity index (χ0n) is 11.4. The minimum Gasteiger partial charge on any atom is -0.481 e. The first-order valence-corrected chi connectivity index (χ1v) is 6.31. The predicted octanol–water partition coefficient (Wildman–Crippen LogP) is 3.49. The summed E-state index contributed by atoms with van der Waals surface area (Å²) in [4.78, 5) is 10.4. The summed E-state index contributed by atoms with van der Waals surface area (Å²) < 4.78 is 38.3. The number of carboxylic acids is 1. The molecule has 0 amide bonds. The summed E-state index contributed by atoms with van der Waals surface area (Å²) in [7, 11) is 0. The second kappa shape index (κ2) is 6.97. The minimum atomic E-state index is -4.59. The highest BCUT2D eigenvalue weighted by molar-refractivity contribution is 5.66. The van der Waals surface area contributed by atoms with Crippen molar-refractivity contribution in [2.24, 2.45) is 5.92 Å². The van der Waals surface area contributed by atoms with Crippen LogP contribution in [0.2, 0.25) is 0 Å². The van der Waals surface area contributed by atoms with Gasteiger partial charge in [0.25, 0.3) is 0 Å². The Labute approximate surface area is 120 Å². The highest BCUT2D eigenvalue weighted by Crippen LogP contribution is 2.33. The van der Waals surface area contributed by atoms with Crippen molar-refractivity contribution < 1.29 is 23.1 Å². The number of nitrogens with one attached hydrogen (secondary N) is 1. The van der Waals surface area contributed by atoms with Gasteiger partial charge in [0.05, 0.1) is 17.2 Å². The van der Waals surface area contributed by atoms with Gasteiger partial charge in [0.15, 0.2) is 0 Å². The molecule has 0 radical (unpaired) electrons. The van der Waals surface area contributed by atoms with Crippen molar-refractivity contribution in [3.63, 3.8) is 0 Å². The summed E-state index contributed by atoms with van der Waals surface area (Å²) in [6.45, 7) is 2.17. The third-order valence-electron chi connectivity index (χ3n) is 2.95. The van der Waals surface area contributed by atoms with Crippen molar-refractivity contribution in [2.45, 2.75) is 25.9 Å². The van der Waals surface area contributed by atoms with Crippen LogP contribution < -0.4 is 5.32 Å². The van der Waals surface area contributed by atoms with E-state index in [2.05, 4.69) is 5.32 Å². The van der Waals surface area contributed by atoms with E-state index in [0.717, 1.165) is 12.1 Å². The molecule has 0 heterocycles. The average Bonchev–Trinajstić information content (AvgIpc) is 2.41. The number of rotatable bonds is 6. The minimum absolute atomic E-state index is 0.00563. The molecule has 1 rings (SSSR count). The zero-order chi connectivity index (χ0) is 16.0. The lowest BCUT2D eigenvalue weighted by molar-refractivity contribution is -0.138. The molecule has 0 fully saturated rings. The fourth-order valence-electron chi connectivity index (χ4n) is 1.75. The van der Waals surface area contributed by atoms with Gasteiger partial charge in [-0.25, -0.2) is 0 Å². The Morgan fingerprint density at radius 2 is 2.14 bits per heavy atom. The molecule has 0 aromatic heterocycles. The molecular formula is C14H15F3N2O2. The molecule has 0 saturated carbocycles. The third-order valence-corrected chi connectivity index (χ3v) is 2.95. The van der Waals surface area contributed by atoms with Gasteiger partial charge >= 0.3 is 12.1 Å². The number of anilines is 1. The lowest BCUT2D eigenvalue weighted by Crippen LogP contribution is -2.14. The first kappa shape index (κ1) is 16.8. The van der Waals surface area contributed by atoms with Crippen molar-refractivity contribution in [1.82, 2.24) is 0 Å². The second-order valence-electron chi connectivity index (χ2n) is 4.79. The molecule has 0 saturated heterocycles. The Hall–Kier alpha value is -2.23. The van der Waals surface area contributed by atoms with Gasteiger partial charge in [-0.15, -0.1) is 0 Å². The van der Waals surface area contributed by atoms with E-state index < -0.39 is 23.3 Å². The van der Waals surface area contributed by atoms with Crippen LogP contribution in [-0.4, -0.2) is 17.6 Å². The molecular weight excluding hydrogens is 285 g/mol. The molecule has 0 aliphatic heterocycles. The number of hydrogen-bond acceptors (Lipinski definition) is 3. The number of benzene rings is 1. The van der Waals surface area contributed by atoms with Crippen molar-refractivity contribution >= 4 is 11.7 Å². The highest BCUT2D eigenvalue weighted by Gasteiger charge is 2.33. The topological polar surface area (TPSA) is 73.1 Å². The third kappa shape index (κ3) is 5.34. The molecule has 1 atom stereocenters. The van der Waals surface area contributed by atoms with Gasteiger partial charge in [-0.2, -0.15) is 18.4 Å². The lowest BCUT2D eigenvalue weighted by atomic mass is 10.0. The first-order valence-electron chi connectivity index (χ1n) is 6.31. The zero-order valence-corrected chi connectivity index (χ0v) is 11.4. The van der Waals surface area contributed by atoms with Gasteiger partial charge in [0.2, 0.25) is 0 Å². The Kier molecular flexibility index (Phi) is 5.59. The number of nitrogens with zero attached hydrogens (tertiary/aromatic N) is 1. The van der Waals surface area contributed by atoms with Crippen LogP contribution in [0.4, 0.5) is 18.9 Å². The Morgan fingerprint density at radius 3 is 2.67 bits per heavy atom. The Balaban J connectivity index is 2.73. The van der Waals surface area contributed by atoms with Crippen LogP contribution in [0.1, 0.15) is 30.9 Å². The van der Waals surface area contributed by atoms with Gasteiger partial charge in [0, 0.05) is 18.7 Å². The molecule has 1 aromatic rings. The largest absolute Gasteiger partial charge is 0.481 e. The number of carboxylic acid groups (broad SMARTS) is 1. The molecule has 4 nitrogen and oxygen atoms in total. The normalized spacial score (nSPS) is 12.5. The van der Waals surface area contributed by atoms with Gasteiger partial charge in [-0.1, -0.05) is 6.92 Å². The van der Waals surface area contributed by atoms with Gasteiger partial charge in [0.1, 0.15) is 0 Å². The van der Waals surface area contributed by atoms with E-state index in [-0.39, 0.29) is 18.0 Å². The van der Waals surface area contributed by atoms with Gasteiger partial charge in [-0.05, 0) is 30.5 Å². The van der Waals surface area contributed by atoms with Crippen molar-refractivity contribution in [3.05, 3.63) is 29.3 Å². The molecule has 1 unspecified atom stereocenters. The number of alkyl halides is 3. The van der Waals surface area contributed by atoms with Crippen molar-refractivity contribution in [2.75, 3.05) is 11.9 Å². The second-order valence-corrected chi connectivity index (χ2v) is 4.79. The van der Waals surface area contributed by atoms with Crippen LogP contribution >= 0.6 is 0 Å². The molecule has 0 aliphatic rings. The first-order chi connectivity index (χ1) is 9.74. The summed E-state index contributed by atoms with van der Waals surface area (Å²) >= 11 is 0. The number of aliphatic carboxylic acids is 1. The average molecular weight is 300 g/mol. The van der Waals surface area contributed by atoms with E-state index in [0.29, 0.717) is 13.0 Å². The van der Waals surface area contributed by atoms with Crippen molar-refractivity contribution in [3.8, 4) is 6.07 Å². The summed E-state index contributed by atoms with van der Waals surface area (Å²) in [5.41, 5.74) is -1.15. The predicted molar refractivity (Wildman–Crippen MR) is 70.7 cm³/mol. The number of halogens is 3. The van der Waals surface area contributed by atoms with Crippen LogP contribution in [0.15, 0.2) is 18.2 Å². The van der Waals surface area contributed by atoms with Crippen LogP contribution in [-0.2, 0) is 11.0 Å². The molecule has 2 N–H and O–H groups in total. The molecule has 7 heteroatoms. The maximum Gasteiger partial charge on any atom is 0.417 e. The van der Waals surface area contributed by atoms with E-state index in [1.807, 2.05) is 6.92 Å². The van der Waals surface area contributed by atoms with Crippen LogP contribution in [0.3, 0.4) is 0 Å². The quantitative estimate of drug-likeness (QED) is 0.843. The van der Waals surface area contributed by atoms with E-state index in [4.69, 9.17) is 10.4 Å². The monoisotopic (exact) mass is 300 g/mol. The van der Waals surface area contributed by atoms with E-state index in [1.165, 1.54) is 12.1 Å². The maximum atomic E-state index is 12.8. The van der Waals surface area contributed by atoms with Crippen molar-refractivity contribution in [1.29, 1.82) is 5.26 Å². The number of nitriles is 1. The van der Waals surface area contributed by atoms with Gasteiger partial charge < -0.3 is 10.4 Å². The smallest absolute Gasteiger partial charge is 0.417 e. The number of hydrogen-bond donors (Lipinski definition) is 2. The van der Waals surface area contributed by atoms with Crippen LogP contribution in [0.25, 0.3) is 0 Å². The molecule has 0 spiro atoms. The fraction of sp³-hybridized carbons (Fsp3) is 0.429.